The van der Waals surface area contributed by atoms with Gasteiger partial charge in [-0.3, -0.25) is 0 Å². The number of hydrogen-bond acceptors (Lipinski definition) is 2. The molecule has 0 fully saturated rings. The highest BCUT2D eigenvalue weighted by Gasteiger charge is 2.25. The Bertz CT molecular complexity index is 130. The van der Waals surface area contributed by atoms with Crippen LogP contribution in [-0.4, -0.2) is 32.1 Å². The SMILES string of the molecule is CC(CN(C)C)C(C)(C)CCCN. The van der Waals surface area contributed by atoms with E-state index in [0.717, 1.165) is 25.4 Å². The van der Waals surface area contributed by atoms with Crippen LogP contribution in [0.3, 0.4) is 0 Å². The minimum atomic E-state index is 0.420. The third-order valence-electron chi connectivity index (χ3n) is 3.00. The zero-order valence-corrected chi connectivity index (χ0v) is 9.93. The van der Waals surface area contributed by atoms with Crippen LogP contribution in [0.25, 0.3) is 0 Å². The van der Waals surface area contributed by atoms with E-state index in [9.17, 15) is 0 Å². The fourth-order valence-corrected chi connectivity index (χ4v) is 1.60. The van der Waals surface area contributed by atoms with Gasteiger partial charge in [-0.05, 0) is 44.8 Å². The van der Waals surface area contributed by atoms with Crippen LogP contribution in [0.1, 0.15) is 33.6 Å². The zero-order chi connectivity index (χ0) is 10.5. The molecule has 0 radical (unpaired) electrons. The van der Waals surface area contributed by atoms with Gasteiger partial charge in [0.2, 0.25) is 0 Å². The van der Waals surface area contributed by atoms with Crippen molar-refractivity contribution >= 4 is 0 Å². The number of hydrogen-bond donors (Lipinski definition) is 1. The monoisotopic (exact) mass is 186 g/mol. The second-order valence-electron chi connectivity index (χ2n) is 5.04. The van der Waals surface area contributed by atoms with Crippen molar-refractivity contribution in [2.75, 3.05) is 27.2 Å². The molecule has 0 aliphatic rings. The minimum absolute atomic E-state index is 0.420. The van der Waals surface area contributed by atoms with Crippen LogP contribution in [-0.2, 0) is 0 Å². The second kappa shape index (κ2) is 5.61. The van der Waals surface area contributed by atoms with Gasteiger partial charge < -0.3 is 10.6 Å². The molecule has 2 heteroatoms. The van der Waals surface area contributed by atoms with Crippen molar-refractivity contribution in [3.63, 3.8) is 0 Å². The molecule has 0 saturated heterocycles. The second-order valence-corrected chi connectivity index (χ2v) is 5.04. The van der Waals surface area contributed by atoms with Gasteiger partial charge >= 0.3 is 0 Å². The van der Waals surface area contributed by atoms with Crippen LogP contribution in [0.2, 0.25) is 0 Å². The fourth-order valence-electron chi connectivity index (χ4n) is 1.60. The maximum absolute atomic E-state index is 5.53. The molecule has 2 nitrogen and oxygen atoms in total. The molecule has 1 atom stereocenters. The van der Waals surface area contributed by atoms with E-state index in [4.69, 9.17) is 5.73 Å². The highest BCUT2D eigenvalue weighted by Crippen LogP contribution is 2.31. The molecule has 0 spiro atoms. The Kier molecular flexibility index (Phi) is 5.57. The summed E-state index contributed by atoms with van der Waals surface area (Å²) in [6.07, 6.45) is 2.38. The van der Waals surface area contributed by atoms with Crippen LogP contribution in [0.15, 0.2) is 0 Å². The molecule has 0 aromatic carbocycles. The average molecular weight is 186 g/mol. The number of nitrogens with zero attached hydrogens (tertiary/aromatic N) is 1. The van der Waals surface area contributed by atoms with Crippen molar-refractivity contribution in [2.45, 2.75) is 33.6 Å². The van der Waals surface area contributed by atoms with Gasteiger partial charge in [0.1, 0.15) is 0 Å². The smallest absolute Gasteiger partial charge is 0.000602 e. The van der Waals surface area contributed by atoms with Crippen LogP contribution in [0, 0.1) is 11.3 Å². The van der Waals surface area contributed by atoms with Gasteiger partial charge in [0.15, 0.2) is 0 Å². The van der Waals surface area contributed by atoms with E-state index in [-0.39, 0.29) is 0 Å². The van der Waals surface area contributed by atoms with Gasteiger partial charge in [-0.2, -0.15) is 0 Å². The number of rotatable bonds is 6. The lowest BCUT2D eigenvalue weighted by Gasteiger charge is -2.33. The molecule has 0 amide bonds. The van der Waals surface area contributed by atoms with Crippen molar-refractivity contribution in [3.05, 3.63) is 0 Å². The first-order valence-corrected chi connectivity index (χ1v) is 5.25. The first-order valence-electron chi connectivity index (χ1n) is 5.25. The lowest BCUT2D eigenvalue weighted by molar-refractivity contribution is 0.166. The molecule has 0 aliphatic heterocycles. The first kappa shape index (κ1) is 12.9. The fraction of sp³-hybridized carbons (Fsp3) is 1.00. The van der Waals surface area contributed by atoms with E-state index in [1.54, 1.807) is 0 Å². The Labute approximate surface area is 83.5 Å². The van der Waals surface area contributed by atoms with Crippen molar-refractivity contribution in [3.8, 4) is 0 Å². The van der Waals surface area contributed by atoms with E-state index in [1.165, 1.54) is 6.42 Å². The summed E-state index contributed by atoms with van der Waals surface area (Å²) in [5, 5.41) is 0. The predicted molar refractivity (Wildman–Crippen MR) is 59.8 cm³/mol. The van der Waals surface area contributed by atoms with Gasteiger partial charge in [-0.15, -0.1) is 0 Å². The summed E-state index contributed by atoms with van der Waals surface area (Å²) >= 11 is 0. The Morgan fingerprint density at radius 2 is 1.85 bits per heavy atom. The Hall–Kier alpha value is -0.0800. The first-order chi connectivity index (χ1) is 5.90. The molecule has 0 rings (SSSR count). The quantitative estimate of drug-likeness (QED) is 0.687. The van der Waals surface area contributed by atoms with E-state index in [1.807, 2.05) is 0 Å². The predicted octanol–water partition coefficient (Wildman–Crippen LogP) is 1.95. The molecular weight excluding hydrogens is 160 g/mol. The Morgan fingerprint density at radius 3 is 2.23 bits per heavy atom. The average Bonchev–Trinajstić information content (AvgIpc) is 1.99. The van der Waals surface area contributed by atoms with Crippen LogP contribution in [0.4, 0.5) is 0 Å². The summed E-state index contributed by atoms with van der Waals surface area (Å²) < 4.78 is 0. The van der Waals surface area contributed by atoms with Crippen LogP contribution in [0.5, 0.6) is 0 Å². The lowest BCUT2D eigenvalue weighted by Crippen LogP contribution is -2.31. The molecule has 0 bridgehead atoms. The largest absolute Gasteiger partial charge is 0.330 e. The molecule has 0 saturated carbocycles. The van der Waals surface area contributed by atoms with E-state index >= 15 is 0 Å². The normalized spacial score (nSPS) is 15.0. The molecule has 0 aromatic rings. The maximum atomic E-state index is 5.53. The molecular formula is C11H26N2. The topological polar surface area (TPSA) is 29.3 Å². The molecule has 80 valence electrons. The molecule has 0 heterocycles. The highest BCUT2D eigenvalue weighted by atomic mass is 15.1. The highest BCUT2D eigenvalue weighted by molar-refractivity contribution is 4.76. The van der Waals surface area contributed by atoms with Gasteiger partial charge in [0.25, 0.3) is 0 Å². The van der Waals surface area contributed by atoms with Crippen LogP contribution < -0.4 is 5.73 Å². The van der Waals surface area contributed by atoms with E-state index in [0.29, 0.717) is 5.41 Å². The van der Waals surface area contributed by atoms with Gasteiger partial charge in [-0.25, -0.2) is 0 Å². The summed E-state index contributed by atoms with van der Waals surface area (Å²) in [6, 6.07) is 0. The Balaban J connectivity index is 3.94. The maximum Gasteiger partial charge on any atom is 0.000602 e. The van der Waals surface area contributed by atoms with Crippen molar-refractivity contribution < 1.29 is 0 Å². The van der Waals surface area contributed by atoms with Gasteiger partial charge in [-0.1, -0.05) is 20.8 Å². The molecule has 0 aromatic heterocycles. The molecule has 1 unspecified atom stereocenters. The van der Waals surface area contributed by atoms with Crippen molar-refractivity contribution in [1.29, 1.82) is 0 Å². The van der Waals surface area contributed by atoms with Crippen molar-refractivity contribution in [1.82, 2.24) is 4.90 Å². The summed E-state index contributed by atoms with van der Waals surface area (Å²) in [5.74, 6) is 0.731. The summed E-state index contributed by atoms with van der Waals surface area (Å²) in [6.45, 7) is 9.00. The summed E-state index contributed by atoms with van der Waals surface area (Å²) in [7, 11) is 4.27. The summed E-state index contributed by atoms with van der Waals surface area (Å²) in [5.41, 5.74) is 5.95. The molecule has 13 heavy (non-hydrogen) atoms. The lowest BCUT2D eigenvalue weighted by atomic mass is 9.76. The summed E-state index contributed by atoms with van der Waals surface area (Å²) in [4.78, 5) is 2.26. The van der Waals surface area contributed by atoms with Crippen molar-refractivity contribution in [2.24, 2.45) is 17.1 Å². The minimum Gasteiger partial charge on any atom is -0.330 e. The molecule has 0 aliphatic carbocycles. The molecule has 2 N–H and O–H groups in total. The third kappa shape index (κ3) is 5.27. The van der Waals surface area contributed by atoms with E-state index in [2.05, 4.69) is 39.8 Å². The van der Waals surface area contributed by atoms with Crippen LogP contribution >= 0.6 is 0 Å². The Morgan fingerprint density at radius 1 is 1.31 bits per heavy atom. The number of nitrogens with two attached hydrogens (primary N) is 1. The zero-order valence-electron chi connectivity index (χ0n) is 9.93. The standard InChI is InChI=1S/C11H26N2/c1-10(9-13(4)5)11(2,3)7-6-8-12/h10H,6-9,12H2,1-5H3. The van der Waals surface area contributed by atoms with E-state index < -0.39 is 0 Å². The van der Waals surface area contributed by atoms with Gasteiger partial charge in [0.05, 0.1) is 0 Å². The van der Waals surface area contributed by atoms with Gasteiger partial charge in [0, 0.05) is 6.54 Å². The third-order valence-corrected chi connectivity index (χ3v) is 3.00.